The molecule has 0 heterocycles. The molecular formula is C46H93N2O6P. The molecule has 0 aromatic carbocycles. The van der Waals surface area contributed by atoms with Crippen LogP contribution < -0.4 is 10.2 Å². The number of nitrogens with one attached hydrogen (secondary N) is 1. The number of hydrogen-bond donors (Lipinski definition) is 2. The molecule has 8 nitrogen and oxygen atoms in total. The third kappa shape index (κ3) is 41.2. The van der Waals surface area contributed by atoms with Crippen LogP contribution in [0.5, 0.6) is 0 Å². The number of carbonyl (C=O) groups is 1. The van der Waals surface area contributed by atoms with Crippen molar-refractivity contribution in [2.75, 3.05) is 40.9 Å². The summed E-state index contributed by atoms with van der Waals surface area (Å²) in [6.07, 6.45) is 44.1. The zero-order valence-corrected chi connectivity index (χ0v) is 38.0. The second-order valence-electron chi connectivity index (χ2n) is 17.5. The number of allylic oxidation sites excluding steroid dienone is 1. The maximum absolute atomic E-state index is 12.8. The Labute approximate surface area is 342 Å². The second-order valence-corrected chi connectivity index (χ2v) is 18.9. The number of nitrogens with zero attached hydrogens (tertiary/aromatic N) is 1. The van der Waals surface area contributed by atoms with Crippen molar-refractivity contribution in [3.63, 3.8) is 0 Å². The van der Waals surface area contributed by atoms with Crippen LogP contribution in [0.15, 0.2) is 12.2 Å². The zero-order valence-electron chi connectivity index (χ0n) is 37.1. The summed E-state index contributed by atoms with van der Waals surface area (Å²) in [7, 11) is 1.27. The van der Waals surface area contributed by atoms with Gasteiger partial charge < -0.3 is 28.8 Å². The molecule has 0 fully saturated rings. The predicted octanol–water partition coefficient (Wildman–Crippen LogP) is 12.5. The fourth-order valence-corrected chi connectivity index (χ4v) is 7.70. The van der Waals surface area contributed by atoms with Crippen molar-refractivity contribution in [1.29, 1.82) is 0 Å². The van der Waals surface area contributed by atoms with Gasteiger partial charge in [-0.2, -0.15) is 0 Å². The lowest BCUT2D eigenvalue weighted by Crippen LogP contribution is -2.45. The Morgan fingerprint density at radius 1 is 0.618 bits per heavy atom. The number of phosphoric ester groups is 1. The van der Waals surface area contributed by atoms with Gasteiger partial charge in [0.15, 0.2) is 0 Å². The maximum atomic E-state index is 12.8. The molecule has 0 saturated carbocycles. The van der Waals surface area contributed by atoms with E-state index >= 15 is 0 Å². The average Bonchev–Trinajstić information content (AvgIpc) is 3.13. The molecule has 0 radical (unpaired) electrons. The minimum atomic E-state index is -4.58. The summed E-state index contributed by atoms with van der Waals surface area (Å²) in [6, 6.07) is -0.879. The van der Waals surface area contributed by atoms with Gasteiger partial charge in [-0.15, -0.1) is 0 Å². The highest BCUT2D eigenvalue weighted by Crippen LogP contribution is 2.38. The first-order valence-corrected chi connectivity index (χ1v) is 25.0. The number of quaternary nitrogens is 1. The van der Waals surface area contributed by atoms with Crippen LogP contribution in [0.3, 0.4) is 0 Å². The maximum Gasteiger partial charge on any atom is 0.268 e. The molecule has 328 valence electrons. The van der Waals surface area contributed by atoms with E-state index in [2.05, 4.69) is 19.2 Å². The van der Waals surface area contributed by atoms with Crippen LogP contribution >= 0.6 is 7.82 Å². The van der Waals surface area contributed by atoms with Gasteiger partial charge in [0.2, 0.25) is 5.91 Å². The molecule has 0 saturated heterocycles. The van der Waals surface area contributed by atoms with Crippen molar-refractivity contribution in [3.8, 4) is 0 Å². The van der Waals surface area contributed by atoms with Crippen LogP contribution in [0.25, 0.3) is 0 Å². The van der Waals surface area contributed by atoms with Crippen LogP contribution in [0.2, 0.25) is 0 Å². The van der Waals surface area contributed by atoms with E-state index in [1.165, 1.54) is 167 Å². The van der Waals surface area contributed by atoms with Crippen molar-refractivity contribution < 1.29 is 32.9 Å². The molecule has 0 aromatic heterocycles. The molecule has 3 atom stereocenters. The number of amides is 1. The molecular weight excluding hydrogens is 707 g/mol. The minimum Gasteiger partial charge on any atom is -0.756 e. The van der Waals surface area contributed by atoms with Gasteiger partial charge in [0, 0.05) is 6.42 Å². The quantitative estimate of drug-likeness (QED) is 0.0275. The van der Waals surface area contributed by atoms with Crippen molar-refractivity contribution in [1.82, 2.24) is 5.32 Å². The molecule has 0 bridgehead atoms. The number of carbonyl (C=O) groups excluding carboxylic acids is 1. The van der Waals surface area contributed by atoms with E-state index in [9.17, 15) is 19.4 Å². The van der Waals surface area contributed by atoms with Gasteiger partial charge in [0.05, 0.1) is 39.9 Å². The zero-order chi connectivity index (χ0) is 40.7. The molecule has 55 heavy (non-hydrogen) atoms. The van der Waals surface area contributed by atoms with E-state index in [0.717, 1.165) is 38.5 Å². The number of likely N-dealkylation sites (N-methyl/N-ethyl adjacent to an activating group) is 1. The van der Waals surface area contributed by atoms with Crippen LogP contribution in [0, 0.1) is 0 Å². The van der Waals surface area contributed by atoms with Gasteiger partial charge >= 0.3 is 0 Å². The second kappa shape index (κ2) is 38.7. The summed E-state index contributed by atoms with van der Waals surface area (Å²) in [6.45, 7) is 4.65. The van der Waals surface area contributed by atoms with Crippen molar-refractivity contribution in [3.05, 3.63) is 12.2 Å². The molecule has 1 amide bonds. The van der Waals surface area contributed by atoms with Crippen LogP contribution in [-0.4, -0.2) is 68.5 Å². The fourth-order valence-electron chi connectivity index (χ4n) is 6.98. The molecule has 0 aromatic rings. The van der Waals surface area contributed by atoms with Gasteiger partial charge in [0.25, 0.3) is 7.82 Å². The Morgan fingerprint density at radius 2 is 0.982 bits per heavy atom. The molecule has 2 N–H and O–H groups in total. The van der Waals surface area contributed by atoms with Gasteiger partial charge in [0.1, 0.15) is 13.2 Å². The lowest BCUT2D eigenvalue weighted by atomic mass is 10.0. The monoisotopic (exact) mass is 801 g/mol. The van der Waals surface area contributed by atoms with E-state index < -0.39 is 20.0 Å². The highest BCUT2D eigenvalue weighted by Gasteiger charge is 2.23. The molecule has 0 aliphatic carbocycles. The summed E-state index contributed by atoms with van der Waals surface area (Å²) in [5.41, 5.74) is 0. The molecule has 0 aliphatic rings. The van der Waals surface area contributed by atoms with E-state index in [-0.39, 0.29) is 19.1 Å². The van der Waals surface area contributed by atoms with E-state index in [4.69, 9.17) is 9.05 Å². The summed E-state index contributed by atoms with van der Waals surface area (Å²) in [5, 5.41) is 13.8. The smallest absolute Gasteiger partial charge is 0.268 e. The largest absolute Gasteiger partial charge is 0.756 e. The number of rotatable bonds is 43. The summed E-state index contributed by atoms with van der Waals surface area (Å²) >= 11 is 0. The third-order valence-electron chi connectivity index (χ3n) is 10.7. The normalized spacial score (nSPS) is 14.4. The third-order valence-corrected chi connectivity index (χ3v) is 11.7. The topological polar surface area (TPSA) is 108 Å². The van der Waals surface area contributed by atoms with Crippen LogP contribution in [-0.2, 0) is 18.4 Å². The Kier molecular flexibility index (Phi) is 38.2. The van der Waals surface area contributed by atoms with Gasteiger partial charge in [-0.3, -0.25) is 9.36 Å². The number of phosphoric acid groups is 1. The van der Waals surface area contributed by atoms with E-state index in [1.807, 2.05) is 27.2 Å². The van der Waals surface area contributed by atoms with E-state index in [0.29, 0.717) is 17.4 Å². The summed E-state index contributed by atoms with van der Waals surface area (Å²) in [4.78, 5) is 25.3. The standard InChI is InChI=1S/C46H93N2O6P/c1-6-8-10-12-14-16-18-19-20-21-22-23-24-25-26-27-28-30-31-33-35-37-39-45(49)44(43-54-55(51,52)53-42-41-48(3,4)5)47-46(50)40-38-36-34-32-29-17-15-13-11-9-7-2/h37,39,44-45,49H,6-36,38,40-43H2,1-5H3,(H-,47,50,51,52)/b39-37+. The first-order chi connectivity index (χ1) is 26.5. The number of unbranched alkanes of at least 4 members (excludes halogenated alkanes) is 30. The molecule has 0 spiro atoms. The van der Waals surface area contributed by atoms with Crippen molar-refractivity contribution in [2.24, 2.45) is 0 Å². The lowest BCUT2D eigenvalue weighted by Gasteiger charge is -2.29. The number of aliphatic hydroxyl groups is 1. The lowest BCUT2D eigenvalue weighted by molar-refractivity contribution is -0.870. The number of hydrogen-bond acceptors (Lipinski definition) is 6. The molecule has 3 unspecified atom stereocenters. The van der Waals surface area contributed by atoms with Crippen molar-refractivity contribution in [2.45, 2.75) is 238 Å². The van der Waals surface area contributed by atoms with Crippen molar-refractivity contribution >= 4 is 13.7 Å². The highest BCUT2D eigenvalue weighted by molar-refractivity contribution is 7.45. The Balaban J connectivity index is 4.28. The van der Waals surface area contributed by atoms with E-state index in [1.54, 1.807) is 6.08 Å². The highest BCUT2D eigenvalue weighted by atomic mass is 31.2. The minimum absolute atomic E-state index is 0.00208. The SMILES string of the molecule is CCCCCCCCCCCCCCCCCCCCCC/C=C/C(O)C(COP(=O)([O-])OCC[N+](C)(C)C)NC(=O)CCCCCCCCCCCCC. The Hall–Kier alpha value is -0.760. The Bertz CT molecular complexity index is 911. The average molecular weight is 801 g/mol. The predicted molar refractivity (Wildman–Crippen MR) is 233 cm³/mol. The fraction of sp³-hybridized carbons (Fsp3) is 0.935. The first-order valence-electron chi connectivity index (χ1n) is 23.6. The Morgan fingerprint density at radius 3 is 1.36 bits per heavy atom. The van der Waals surface area contributed by atoms with Gasteiger partial charge in [-0.05, 0) is 19.3 Å². The molecule has 0 rings (SSSR count). The van der Waals surface area contributed by atoms with Crippen LogP contribution in [0.1, 0.15) is 226 Å². The first kappa shape index (κ1) is 54.2. The summed E-state index contributed by atoms with van der Waals surface area (Å²) in [5.74, 6) is -0.197. The molecule has 9 heteroatoms. The molecule has 0 aliphatic heterocycles. The van der Waals surface area contributed by atoms with Gasteiger partial charge in [-0.1, -0.05) is 212 Å². The van der Waals surface area contributed by atoms with Gasteiger partial charge in [-0.25, -0.2) is 0 Å². The van der Waals surface area contributed by atoms with Crippen LogP contribution in [0.4, 0.5) is 0 Å². The summed E-state index contributed by atoms with van der Waals surface area (Å²) < 4.78 is 23.2. The number of aliphatic hydroxyl groups excluding tert-OH is 1.